The Kier molecular flexibility index (Phi) is 5.01. The number of hydrogen-bond acceptors (Lipinski definition) is 7. The molecule has 3 N–H and O–H groups in total. The van der Waals surface area contributed by atoms with Crippen LogP contribution in [0.4, 0.5) is 11.8 Å². The van der Waals surface area contributed by atoms with Gasteiger partial charge in [-0.2, -0.15) is 4.98 Å². The lowest BCUT2D eigenvalue weighted by Gasteiger charge is -2.41. The van der Waals surface area contributed by atoms with Gasteiger partial charge in [0.25, 0.3) is 0 Å². The number of fused-ring (bicyclic) bond motifs is 1. The van der Waals surface area contributed by atoms with E-state index in [9.17, 15) is 14.4 Å². The zero-order valence-corrected chi connectivity index (χ0v) is 18.2. The predicted octanol–water partition coefficient (Wildman–Crippen LogP) is 2.22. The number of aliphatic hydroxyl groups is 2. The van der Waals surface area contributed by atoms with Crippen LogP contribution in [0, 0.1) is 0 Å². The van der Waals surface area contributed by atoms with Crippen LogP contribution >= 0.6 is 11.6 Å². The molecule has 0 amide bonds. The van der Waals surface area contributed by atoms with Gasteiger partial charge in [-0.15, -0.1) is 0 Å². The molecule has 160 valence electrons. The molecule has 2 aromatic rings. The summed E-state index contributed by atoms with van der Waals surface area (Å²) in [5, 5.41) is 25.1. The fraction of sp³-hybridized carbons (Fsp3) is 0.524. The minimum atomic E-state index is -1.13. The van der Waals surface area contributed by atoms with Gasteiger partial charge in [0.05, 0.1) is 35.2 Å². The third kappa shape index (κ3) is 3.39. The van der Waals surface area contributed by atoms with E-state index in [0.29, 0.717) is 53.4 Å². The summed E-state index contributed by atoms with van der Waals surface area (Å²) in [7, 11) is -1.13. The minimum absolute atomic E-state index is 0.0216. The number of aliphatic hydroxyl groups excluding tert-OH is 1. The van der Waals surface area contributed by atoms with Crippen LogP contribution in [-0.2, 0) is 22.8 Å². The maximum Gasteiger partial charge on any atom is 0.227 e. The largest absolute Gasteiger partial charge is 0.394 e. The highest BCUT2D eigenvalue weighted by atomic mass is 35.5. The Balaban J connectivity index is 1.46. The lowest BCUT2D eigenvalue weighted by Crippen LogP contribution is -2.48. The molecule has 9 heteroatoms. The summed E-state index contributed by atoms with van der Waals surface area (Å²) in [5.74, 6) is 1.65. The Hall–Kier alpha value is -1.74. The zero-order valence-electron chi connectivity index (χ0n) is 16.6. The van der Waals surface area contributed by atoms with E-state index in [2.05, 4.69) is 5.32 Å². The molecule has 2 unspecified atom stereocenters. The van der Waals surface area contributed by atoms with Gasteiger partial charge in [0, 0.05) is 23.7 Å². The van der Waals surface area contributed by atoms with Crippen molar-refractivity contribution < 1.29 is 14.4 Å². The van der Waals surface area contributed by atoms with Crippen molar-refractivity contribution in [2.75, 3.05) is 35.7 Å². The monoisotopic (exact) mass is 448 g/mol. The first-order chi connectivity index (χ1) is 14.4. The summed E-state index contributed by atoms with van der Waals surface area (Å²) in [5.41, 5.74) is 0.240. The first kappa shape index (κ1) is 20.2. The van der Waals surface area contributed by atoms with Crippen LogP contribution in [0.5, 0.6) is 0 Å². The number of nitrogens with one attached hydrogen (secondary N) is 1. The number of hydrogen-bond donors (Lipinski definition) is 3. The van der Waals surface area contributed by atoms with Crippen molar-refractivity contribution in [2.45, 2.75) is 48.1 Å². The Morgan fingerprint density at radius 2 is 1.97 bits per heavy atom. The topological polar surface area (TPSA) is 98.6 Å². The van der Waals surface area contributed by atoms with E-state index in [1.165, 1.54) is 0 Å². The first-order valence-electron chi connectivity index (χ1n) is 10.3. The second kappa shape index (κ2) is 7.44. The minimum Gasteiger partial charge on any atom is -0.394 e. The summed E-state index contributed by atoms with van der Waals surface area (Å²) < 4.78 is 12.6. The summed E-state index contributed by atoms with van der Waals surface area (Å²) in [4.78, 5) is 12.1. The highest BCUT2D eigenvalue weighted by Crippen LogP contribution is 2.40. The molecule has 2 atom stereocenters. The number of β-amino-alcohol motifs (C(OH)–C–C–N with tert-alkyl or cyclic N) is 1. The van der Waals surface area contributed by atoms with Gasteiger partial charge < -0.3 is 20.4 Å². The Morgan fingerprint density at radius 3 is 2.63 bits per heavy atom. The van der Waals surface area contributed by atoms with Crippen molar-refractivity contribution in [1.29, 1.82) is 0 Å². The Labute approximate surface area is 183 Å². The van der Waals surface area contributed by atoms with Crippen LogP contribution in [0.3, 0.4) is 0 Å². The molecule has 30 heavy (non-hydrogen) atoms. The van der Waals surface area contributed by atoms with Crippen molar-refractivity contribution in [1.82, 2.24) is 9.97 Å². The highest BCUT2D eigenvalue weighted by molar-refractivity contribution is 7.85. The predicted molar refractivity (Wildman–Crippen MR) is 116 cm³/mol. The Bertz CT molecular complexity index is 993. The fourth-order valence-electron chi connectivity index (χ4n) is 4.55. The molecule has 1 saturated heterocycles. The maximum atomic E-state index is 12.6. The number of nitrogens with zero attached hydrogens (tertiary/aromatic N) is 3. The normalized spacial score (nSPS) is 27.0. The van der Waals surface area contributed by atoms with Crippen molar-refractivity contribution >= 4 is 34.2 Å². The van der Waals surface area contributed by atoms with Crippen LogP contribution in [-0.4, -0.2) is 55.4 Å². The molecule has 1 aromatic carbocycles. The van der Waals surface area contributed by atoms with Gasteiger partial charge in [-0.3, -0.25) is 4.21 Å². The molecule has 1 aromatic heterocycles. The summed E-state index contributed by atoms with van der Waals surface area (Å²) in [6.45, 7) is 1.01. The summed E-state index contributed by atoms with van der Waals surface area (Å²) in [6.07, 6.45) is 3.99. The molecule has 2 aliphatic heterocycles. The number of aryl methyl sites for hydroxylation is 1. The number of benzene rings is 1. The van der Waals surface area contributed by atoms with E-state index in [1.54, 1.807) is 12.1 Å². The van der Waals surface area contributed by atoms with Crippen LogP contribution in [0.1, 0.15) is 36.9 Å². The van der Waals surface area contributed by atoms with E-state index >= 15 is 0 Å². The number of halogens is 1. The van der Waals surface area contributed by atoms with Gasteiger partial charge in [-0.05, 0) is 43.4 Å². The van der Waals surface area contributed by atoms with Gasteiger partial charge in [0.15, 0.2) is 0 Å². The molecule has 3 aliphatic rings. The summed E-state index contributed by atoms with van der Waals surface area (Å²) >= 11 is 5.99. The van der Waals surface area contributed by atoms with Crippen LogP contribution < -0.4 is 10.2 Å². The molecule has 1 aliphatic carbocycles. The highest BCUT2D eigenvalue weighted by Gasteiger charge is 2.41. The van der Waals surface area contributed by atoms with Gasteiger partial charge in [-0.1, -0.05) is 23.7 Å². The van der Waals surface area contributed by atoms with E-state index in [0.717, 1.165) is 30.5 Å². The van der Waals surface area contributed by atoms with Gasteiger partial charge >= 0.3 is 0 Å². The average molecular weight is 449 g/mol. The van der Waals surface area contributed by atoms with E-state index in [1.807, 2.05) is 17.0 Å². The van der Waals surface area contributed by atoms with Crippen molar-refractivity contribution in [3.63, 3.8) is 0 Å². The zero-order chi connectivity index (χ0) is 20.9. The molecular formula is C21H25ClN4O3S. The first-order valence-corrected chi connectivity index (χ1v) is 12.0. The molecule has 0 spiro atoms. The maximum absolute atomic E-state index is 12.6. The number of aromatic nitrogens is 2. The van der Waals surface area contributed by atoms with Crippen molar-refractivity contribution in [3.8, 4) is 0 Å². The summed E-state index contributed by atoms with van der Waals surface area (Å²) in [6, 6.07) is 7.28. The SMILES string of the molecule is O=S1CCc2nc(N3CCC(O)(c4ccc(Cl)cc4)C3)nc(NC3(CO)CCC3)c21. The van der Waals surface area contributed by atoms with Crippen LogP contribution in [0.15, 0.2) is 29.2 Å². The van der Waals surface area contributed by atoms with E-state index in [4.69, 9.17) is 21.6 Å². The van der Waals surface area contributed by atoms with Crippen LogP contribution in [0.25, 0.3) is 0 Å². The molecule has 0 radical (unpaired) electrons. The lowest BCUT2D eigenvalue weighted by molar-refractivity contribution is 0.0606. The molecule has 3 heterocycles. The lowest BCUT2D eigenvalue weighted by atomic mass is 9.77. The van der Waals surface area contributed by atoms with Crippen molar-refractivity contribution in [2.24, 2.45) is 0 Å². The molecular weight excluding hydrogens is 424 g/mol. The standard InChI is InChI=1S/C21H25ClN4O3S/c22-15-4-2-14(3-5-15)21(28)9-10-26(12-21)19-23-16-6-11-30(29)17(16)18(24-19)25-20(13-27)7-1-8-20/h2-5,27-28H,1,6-13H2,(H,23,24,25). The molecule has 5 rings (SSSR count). The molecule has 7 nitrogen and oxygen atoms in total. The molecule has 2 fully saturated rings. The third-order valence-electron chi connectivity index (χ3n) is 6.58. The smallest absolute Gasteiger partial charge is 0.227 e. The molecule has 0 bridgehead atoms. The molecule has 1 saturated carbocycles. The average Bonchev–Trinajstić information content (AvgIpc) is 3.29. The van der Waals surface area contributed by atoms with Gasteiger partial charge in [0.1, 0.15) is 16.3 Å². The third-order valence-corrected chi connectivity index (χ3v) is 8.30. The number of rotatable bonds is 5. The van der Waals surface area contributed by atoms with Crippen LogP contribution in [0.2, 0.25) is 5.02 Å². The van der Waals surface area contributed by atoms with Gasteiger partial charge in [0.2, 0.25) is 5.95 Å². The number of anilines is 2. The van der Waals surface area contributed by atoms with Gasteiger partial charge in [-0.25, -0.2) is 4.98 Å². The Morgan fingerprint density at radius 1 is 1.20 bits per heavy atom. The second-order valence-electron chi connectivity index (χ2n) is 8.57. The fourth-order valence-corrected chi connectivity index (χ4v) is 5.98. The quantitative estimate of drug-likeness (QED) is 0.645. The van der Waals surface area contributed by atoms with E-state index < -0.39 is 16.4 Å². The second-order valence-corrected chi connectivity index (χ2v) is 10.5. The van der Waals surface area contributed by atoms with Crippen molar-refractivity contribution in [3.05, 3.63) is 40.5 Å². The van der Waals surface area contributed by atoms with E-state index in [-0.39, 0.29) is 12.1 Å².